The number of nitrogens with zero attached hydrogens (tertiary/aromatic N) is 1. The number of pyridine rings is 1. The van der Waals surface area contributed by atoms with E-state index < -0.39 is 0 Å². The smallest absolute Gasteiger partial charge is 0.113 e. The van der Waals surface area contributed by atoms with Gasteiger partial charge in [-0.15, -0.1) is 12.4 Å². The van der Waals surface area contributed by atoms with Gasteiger partial charge < -0.3 is 10.8 Å². The summed E-state index contributed by atoms with van der Waals surface area (Å²) in [5, 5.41) is 8.46. The van der Waals surface area contributed by atoms with Gasteiger partial charge in [0.15, 0.2) is 0 Å². The van der Waals surface area contributed by atoms with Gasteiger partial charge in [-0.3, -0.25) is 0 Å². The van der Waals surface area contributed by atoms with Gasteiger partial charge in [-0.2, -0.15) is 0 Å². The number of hydrogen-bond acceptors (Lipinski definition) is 3. The van der Waals surface area contributed by atoms with Crippen LogP contribution in [-0.4, -0.2) is 23.2 Å². The summed E-state index contributed by atoms with van der Waals surface area (Å²) in [4.78, 5) is 4.04. The largest absolute Gasteiger partial charge is 0.384 e. The van der Waals surface area contributed by atoms with Gasteiger partial charge in [0.25, 0.3) is 0 Å². The van der Waals surface area contributed by atoms with Gasteiger partial charge in [-0.05, 0) is 18.1 Å². The Labute approximate surface area is 95.1 Å². The zero-order chi connectivity index (χ0) is 10.2. The molecule has 15 heavy (non-hydrogen) atoms. The van der Waals surface area contributed by atoms with E-state index in [1.807, 2.05) is 6.07 Å². The summed E-state index contributed by atoms with van der Waals surface area (Å²) in [6.07, 6.45) is 1.63. The van der Waals surface area contributed by atoms with E-state index in [-0.39, 0.29) is 19.0 Å². The molecular formula is C11H11ClN2O. The van der Waals surface area contributed by atoms with Gasteiger partial charge >= 0.3 is 0 Å². The summed E-state index contributed by atoms with van der Waals surface area (Å²) in [5.74, 6) is 10.8. The lowest BCUT2D eigenvalue weighted by Crippen LogP contribution is -1.93. The van der Waals surface area contributed by atoms with Crippen molar-refractivity contribution in [1.82, 2.24) is 4.98 Å². The van der Waals surface area contributed by atoms with Crippen molar-refractivity contribution in [1.29, 1.82) is 0 Å². The quantitative estimate of drug-likeness (QED) is 0.615. The Bertz CT molecular complexity index is 365. The molecule has 0 aliphatic rings. The topological polar surface area (TPSA) is 59.1 Å². The molecule has 0 unspecified atom stereocenters. The van der Waals surface area contributed by atoms with Gasteiger partial charge in [-0.1, -0.05) is 17.8 Å². The van der Waals surface area contributed by atoms with E-state index in [0.29, 0.717) is 12.2 Å². The number of aliphatic hydroxyl groups excluding tert-OH is 1. The fraction of sp³-hybridized carbons (Fsp3) is 0.182. The Kier molecular flexibility index (Phi) is 7.05. The van der Waals surface area contributed by atoms with Gasteiger partial charge in [0.2, 0.25) is 0 Å². The Morgan fingerprint density at radius 3 is 2.60 bits per heavy atom. The molecule has 1 aromatic heterocycles. The summed E-state index contributed by atoms with van der Waals surface area (Å²) >= 11 is 0. The van der Waals surface area contributed by atoms with E-state index in [1.165, 1.54) is 0 Å². The molecule has 4 heteroatoms. The standard InChI is InChI=1S/C11H10N2O.ClH/c12-7-1-3-10-5-6-11(13-9-10)4-2-8-14;/h5-6,9,14H,7-8,12H2;1H. The second-order valence-electron chi connectivity index (χ2n) is 2.40. The van der Waals surface area contributed by atoms with Crippen molar-refractivity contribution in [3.8, 4) is 23.7 Å². The van der Waals surface area contributed by atoms with Crippen LogP contribution >= 0.6 is 12.4 Å². The van der Waals surface area contributed by atoms with Crippen molar-refractivity contribution in [2.75, 3.05) is 13.2 Å². The molecule has 1 rings (SSSR count). The monoisotopic (exact) mass is 222 g/mol. The van der Waals surface area contributed by atoms with Crippen LogP contribution in [0, 0.1) is 23.7 Å². The third-order valence-corrected chi connectivity index (χ3v) is 1.39. The second-order valence-corrected chi connectivity index (χ2v) is 2.40. The van der Waals surface area contributed by atoms with Crippen LogP contribution < -0.4 is 5.73 Å². The fourth-order valence-electron chi connectivity index (χ4n) is 0.825. The maximum absolute atomic E-state index is 8.46. The molecule has 1 heterocycles. The van der Waals surface area contributed by atoms with Gasteiger partial charge in [-0.25, -0.2) is 4.98 Å². The molecule has 0 bridgehead atoms. The number of hydrogen-bond donors (Lipinski definition) is 2. The summed E-state index contributed by atoms with van der Waals surface area (Å²) < 4.78 is 0. The van der Waals surface area contributed by atoms with Crippen LogP contribution in [0.3, 0.4) is 0 Å². The van der Waals surface area contributed by atoms with Gasteiger partial charge in [0, 0.05) is 11.8 Å². The molecule has 0 aliphatic heterocycles. The lowest BCUT2D eigenvalue weighted by Gasteiger charge is -1.90. The summed E-state index contributed by atoms with van der Waals surface area (Å²) in [6, 6.07) is 3.57. The first-order valence-corrected chi connectivity index (χ1v) is 4.11. The molecule has 0 radical (unpaired) electrons. The number of rotatable bonds is 0. The van der Waals surface area contributed by atoms with E-state index in [0.717, 1.165) is 5.56 Å². The van der Waals surface area contributed by atoms with Crippen molar-refractivity contribution in [2.45, 2.75) is 0 Å². The van der Waals surface area contributed by atoms with Crippen LogP contribution in [0.15, 0.2) is 18.3 Å². The highest BCUT2D eigenvalue weighted by Gasteiger charge is 1.88. The first kappa shape index (κ1) is 13.5. The van der Waals surface area contributed by atoms with Crippen LogP contribution in [0.2, 0.25) is 0 Å². The maximum Gasteiger partial charge on any atom is 0.113 e. The molecule has 0 atom stereocenters. The molecule has 1 aromatic rings. The van der Waals surface area contributed by atoms with Crippen LogP contribution in [0.5, 0.6) is 0 Å². The molecule has 0 fully saturated rings. The molecule has 0 aromatic carbocycles. The van der Waals surface area contributed by atoms with Crippen molar-refractivity contribution in [3.63, 3.8) is 0 Å². The molecule has 0 amide bonds. The minimum atomic E-state index is -0.156. The summed E-state index contributed by atoms with van der Waals surface area (Å²) in [6.45, 7) is 0.183. The molecular weight excluding hydrogens is 212 g/mol. The number of halogens is 1. The summed E-state index contributed by atoms with van der Waals surface area (Å²) in [7, 11) is 0. The number of aliphatic hydroxyl groups is 1. The van der Waals surface area contributed by atoms with E-state index >= 15 is 0 Å². The summed E-state index contributed by atoms with van der Waals surface area (Å²) in [5.41, 5.74) is 6.66. The molecule has 3 N–H and O–H groups in total. The molecule has 78 valence electrons. The average Bonchev–Trinajstić information content (AvgIpc) is 2.25. The molecule has 0 spiro atoms. The van der Waals surface area contributed by atoms with E-state index in [4.69, 9.17) is 10.8 Å². The third-order valence-electron chi connectivity index (χ3n) is 1.39. The third kappa shape index (κ3) is 5.05. The molecule has 0 aliphatic carbocycles. The van der Waals surface area contributed by atoms with Gasteiger partial charge in [0.05, 0.1) is 6.54 Å². The van der Waals surface area contributed by atoms with Crippen molar-refractivity contribution >= 4 is 12.4 Å². The fourth-order valence-corrected chi connectivity index (χ4v) is 0.825. The minimum Gasteiger partial charge on any atom is -0.384 e. The first-order chi connectivity index (χ1) is 6.86. The highest BCUT2D eigenvalue weighted by Crippen LogP contribution is 1.96. The number of aromatic nitrogens is 1. The Balaban J connectivity index is 0.00000196. The lowest BCUT2D eigenvalue weighted by molar-refractivity contribution is 0.350. The normalized spacial score (nSPS) is 7.60. The number of nitrogens with two attached hydrogens (primary N) is 1. The first-order valence-electron chi connectivity index (χ1n) is 4.11. The van der Waals surface area contributed by atoms with E-state index in [9.17, 15) is 0 Å². The predicted molar refractivity (Wildman–Crippen MR) is 61.4 cm³/mol. The van der Waals surface area contributed by atoms with Crippen LogP contribution in [0.1, 0.15) is 11.3 Å². The highest BCUT2D eigenvalue weighted by molar-refractivity contribution is 5.85. The molecule has 0 saturated carbocycles. The maximum atomic E-state index is 8.46. The van der Waals surface area contributed by atoms with Crippen LogP contribution in [-0.2, 0) is 0 Å². The van der Waals surface area contributed by atoms with Gasteiger partial charge in [0.1, 0.15) is 12.3 Å². The van der Waals surface area contributed by atoms with E-state index in [2.05, 4.69) is 28.7 Å². The zero-order valence-electron chi connectivity index (χ0n) is 8.03. The zero-order valence-corrected chi connectivity index (χ0v) is 8.84. The van der Waals surface area contributed by atoms with Crippen LogP contribution in [0.4, 0.5) is 0 Å². The molecule has 3 nitrogen and oxygen atoms in total. The van der Waals surface area contributed by atoms with Crippen molar-refractivity contribution < 1.29 is 5.11 Å². The average molecular weight is 223 g/mol. The predicted octanol–water partition coefficient (Wildman–Crippen LogP) is 0.157. The minimum absolute atomic E-state index is 0. The Hall–Kier alpha value is -1.52. The highest BCUT2D eigenvalue weighted by atomic mass is 35.5. The van der Waals surface area contributed by atoms with Crippen molar-refractivity contribution in [2.24, 2.45) is 5.73 Å². The Morgan fingerprint density at radius 1 is 1.27 bits per heavy atom. The second kappa shape index (κ2) is 7.84. The van der Waals surface area contributed by atoms with Crippen LogP contribution in [0.25, 0.3) is 0 Å². The molecule has 0 saturated heterocycles. The Morgan fingerprint density at radius 2 is 2.07 bits per heavy atom. The lowest BCUT2D eigenvalue weighted by atomic mass is 10.2. The van der Waals surface area contributed by atoms with E-state index in [1.54, 1.807) is 12.3 Å². The SMILES string of the molecule is Cl.NCC#Cc1ccc(C#CCO)nc1. The van der Waals surface area contributed by atoms with Crippen molar-refractivity contribution in [3.05, 3.63) is 29.6 Å².